The number of hydrogen-bond acceptors (Lipinski definition) is 7. The Balaban J connectivity index is 1.68. The lowest BCUT2D eigenvalue weighted by molar-refractivity contribution is -0.133. The summed E-state index contributed by atoms with van der Waals surface area (Å²) >= 11 is 1.06. The van der Waals surface area contributed by atoms with E-state index in [1.807, 2.05) is 13.0 Å². The second-order valence-corrected chi connectivity index (χ2v) is 9.12. The number of ether oxygens (including phenoxy) is 1. The minimum Gasteiger partial charge on any atom is -0.464 e. The van der Waals surface area contributed by atoms with E-state index in [4.69, 9.17) is 0 Å². The van der Waals surface area contributed by atoms with Gasteiger partial charge in [0.1, 0.15) is 6.04 Å². The fraction of sp³-hybridized carbons (Fsp3) is 0.500. The van der Waals surface area contributed by atoms with Crippen molar-refractivity contribution in [3.8, 4) is 0 Å². The molecule has 1 aromatic heterocycles. The van der Waals surface area contributed by atoms with E-state index in [2.05, 4.69) is 39.4 Å². The van der Waals surface area contributed by atoms with Gasteiger partial charge in [0.05, 0.1) is 7.11 Å². The molecule has 0 aliphatic heterocycles. The van der Waals surface area contributed by atoms with Crippen LogP contribution >= 0.6 is 11.3 Å². The molecule has 1 fully saturated rings. The summed E-state index contributed by atoms with van der Waals surface area (Å²) in [6.07, 6.45) is 8.27. The van der Waals surface area contributed by atoms with Gasteiger partial charge in [-0.3, -0.25) is 14.5 Å². The highest BCUT2D eigenvalue weighted by molar-refractivity contribution is 7.14. The van der Waals surface area contributed by atoms with Crippen molar-refractivity contribution in [2.75, 3.05) is 19.0 Å². The normalized spacial score (nSPS) is 21.6. The van der Waals surface area contributed by atoms with Gasteiger partial charge in [-0.15, -0.1) is 11.3 Å². The predicted octanol–water partition coefficient (Wildman–Crippen LogP) is 3.12. The average Bonchev–Trinajstić information content (AvgIpc) is 3.21. The largest absolute Gasteiger partial charge is 0.464 e. The molecule has 4 amide bonds. The molecular weight excluding hydrogens is 432 g/mol. The molecule has 32 heavy (non-hydrogen) atoms. The number of fused-ring (bicyclic) bond motifs is 1. The van der Waals surface area contributed by atoms with Crippen molar-refractivity contribution in [2.45, 2.75) is 46.1 Å². The van der Waals surface area contributed by atoms with Crippen LogP contribution in [0.2, 0.25) is 0 Å². The van der Waals surface area contributed by atoms with Gasteiger partial charge in [-0.05, 0) is 29.7 Å². The molecule has 0 aromatic carbocycles. The van der Waals surface area contributed by atoms with Crippen molar-refractivity contribution >= 4 is 40.3 Å². The maximum atomic E-state index is 12.9. The summed E-state index contributed by atoms with van der Waals surface area (Å²) in [6, 6.07) is -1.64. The zero-order valence-electron chi connectivity index (χ0n) is 18.6. The minimum atomic E-state index is -1.01. The number of esters is 1. The Hall–Kier alpha value is -3.01. The van der Waals surface area contributed by atoms with Crippen LogP contribution in [0.4, 0.5) is 9.93 Å². The number of imide groups is 1. The predicted molar refractivity (Wildman–Crippen MR) is 120 cm³/mol. The van der Waals surface area contributed by atoms with Gasteiger partial charge in [-0.1, -0.05) is 38.5 Å². The number of nitrogens with one attached hydrogen (secondary N) is 2. The number of thiazole rings is 1. The van der Waals surface area contributed by atoms with Crippen molar-refractivity contribution in [3.05, 3.63) is 34.9 Å². The summed E-state index contributed by atoms with van der Waals surface area (Å²) in [5.41, 5.74) is 1.21. The Kier molecular flexibility index (Phi) is 7.12. The molecule has 3 rings (SSSR count). The van der Waals surface area contributed by atoms with Crippen LogP contribution in [-0.2, 0) is 14.3 Å². The number of aromatic nitrogens is 1. The van der Waals surface area contributed by atoms with E-state index < -0.39 is 29.9 Å². The smallest absolute Gasteiger partial charge is 0.357 e. The molecule has 0 radical (unpaired) electrons. The third-order valence-electron chi connectivity index (χ3n) is 5.71. The third-order valence-corrected chi connectivity index (χ3v) is 6.47. The van der Waals surface area contributed by atoms with Gasteiger partial charge in [-0.2, -0.15) is 0 Å². The topological polar surface area (TPSA) is 118 Å². The van der Waals surface area contributed by atoms with Crippen LogP contribution in [0.5, 0.6) is 0 Å². The summed E-state index contributed by atoms with van der Waals surface area (Å²) in [7, 11) is 1.24. The maximum absolute atomic E-state index is 12.9. The van der Waals surface area contributed by atoms with E-state index in [-0.39, 0.29) is 29.2 Å². The van der Waals surface area contributed by atoms with Gasteiger partial charge in [-0.25, -0.2) is 14.6 Å². The molecule has 2 aliphatic rings. The molecule has 9 nitrogen and oxygen atoms in total. The SMILES string of the molecule is CCC[C@@H](C(=O)Nc1nc(C(=O)OC)cs1)N(C(C)=O)C(=O)NCC1=CC2(C)CC2C=C1. The van der Waals surface area contributed by atoms with Crippen molar-refractivity contribution < 1.29 is 23.9 Å². The Labute approximate surface area is 190 Å². The molecule has 3 atom stereocenters. The highest BCUT2D eigenvalue weighted by atomic mass is 32.1. The van der Waals surface area contributed by atoms with E-state index in [0.29, 0.717) is 12.3 Å². The van der Waals surface area contributed by atoms with Gasteiger partial charge < -0.3 is 15.4 Å². The summed E-state index contributed by atoms with van der Waals surface area (Å²) in [6.45, 7) is 5.57. The van der Waals surface area contributed by atoms with E-state index >= 15 is 0 Å². The number of allylic oxidation sites excluding steroid dienone is 2. The van der Waals surface area contributed by atoms with Crippen molar-refractivity contribution in [2.24, 2.45) is 11.3 Å². The second kappa shape index (κ2) is 9.64. The van der Waals surface area contributed by atoms with Crippen molar-refractivity contribution in [1.29, 1.82) is 0 Å². The first-order valence-electron chi connectivity index (χ1n) is 10.5. The van der Waals surface area contributed by atoms with Crippen LogP contribution in [0, 0.1) is 11.3 Å². The average molecular weight is 461 g/mol. The van der Waals surface area contributed by atoms with E-state index in [0.717, 1.165) is 28.2 Å². The van der Waals surface area contributed by atoms with Gasteiger partial charge in [0, 0.05) is 18.8 Å². The zero-order chi connectivity index (χ0) is 23.5. The Bertz CT molecular complexity index is 985. The standard InChI is InChI=1S/C22H28N4O5S/c1-5-6-17(18(28)25-20-24-16(12-32-20)19(29)31-4)26(13(2)27)21(30)23-11-14-7-8-15-10-22(15,3)9-14/h7-9,12,15,17H,5-6,10-11H2,1-4H3,(H,23,30)(H,24,25,28)/t15?,17-,22?/m0/s1. The van der Waals surface area contributed by atoms with Gasteiger partial charge >= 0.3 is 12.0 Å². The van der Waals surface area contributed by atoms with Crippen LogP contribution in [-0.4, -0.2) is 53.4 Å². The summed E-state index contributed by atoms with van der Waals surface area (Å²) < 4.78 is 4.61. The molecule has 2 unspecified atom stereocenters. The molecule has 2 aliphatic carbocycles. The van der Waals surface area contributed by atoms with Gasteiger partial charge in [0.2, 0.25) is 11.8 Å². The highest BCUT2D eigenvalue weighted by Gasteiger charge is 2.47. The molecular formula is C22H28N4O5S. The van der Waals surface area contributed by atoms with Crippen LogP contribution < -0.4 is 10.6 Å². The van der Waals surface area contributed by atoms with Crippen molar-refractivity contribution in [1.82, 2.24) is 15.2 Å². The molecule has 0 bridgehead atoms. The summed E-state index contributed by atoms with van der Waals surface area (Å²) in [4.78, 5) is 54.7. The summed E-state index contributed by atoms with van der Waals surface area (Å²) in [5.74, 6) is -1.13. The summed E-state index contributed by atoms with van der Waals surface area (Å²) in [5, 5.41) is 7.01. The number of hydrogen-bond donors (Lipinski definition) is 2. The number of carbonyl (C=O) groups excluding carboxylic acids is 4. The molecule has 1 saturated carbocycles. The fourth-order valence-electron chi connectivity index (χ4n) is 3.83. The maximum Gasteiger partial charge on any atom is 0.357 e. The molecule has 1 heterocycles. The Morgan fingerprint density at radius 2 is 2.12 bits per heavy atom. The van der Waals surface area contributed by atoms with Gasteiger partial charge in [0.25, 0.3) is 0 Å². The molecule has 1 aromatic rings. The van der Waals surface area contributed by atoms with Crippen molar-refractivity contribution in [3.63, 3.8) is 0 Å². The third kappa shape index (κ3) is 5.24. The Morgan fingerprint density at radius 3 is 2.75 bits per heavy atom. The lowest BCUT2D eigenvalue weighted by Crippen LogP contribution is -2.53. The number of rotatable bonds is 8. The minimum absolute atomic E-state index is 0.0708. The first kappa shape index (κ1) is 23.6. The van der Waals surface area contributed by atoms with E-state index in [1.54, 1.807) is 0 Å². The number of nitrogens with zero attached hydrogens (tertiary/aromatic N) is 2. The van der Waals surface area contributed by atoms with Crippen LogP contribution in [0.1, 0.15) is 50.5 Å². The first-order valence-corrected chi connectivity index (χ1v) is 11.4. The number of amides is 4. The zero-order valence-corrected chi connectivity index (χ0v) is 19.5. The molecule has 0 spiro atoms. The number of anilines is 1. The van der Waals surface area contributed by atoms with Gasteiger partial charge in [0.15, 0.2) is 10.8 Å². The molecule has 0 saturated heterocycles. The lowest BCUT2D eigenvalue weighted by Gasteiger charge is -2.28. The Morgan fingerprint density at radius 1 is 1.38 bits per heavy atom. The molecule has 172 valence electrons. The fourth-order valence-corrected chi connectivity index (χ4v) is 4.51. The number of urea groups is 1. The van der Waals surface area contributed by atoms with E-state index in [1.165, 1.54) is 19.4 Å². The second-order valence-electron chi connectivity index (χ2n) is 8.27. The lowest BCUT2D eigenvalue weighted by atomic mass is 9.97. The first-order chi connectivity index (χ1) is 15.2. The quantitative estimate of drug-likeness (QED) is 0.576. The number of carbonyl (C=O) groups is 4. The number of methoxy groups -OCH3 is 1. The van der Waals surface area contributed by atoms with E-state index in [9.17, 15) is 19.2 Å². The van der Waals surface area contributed by atoms with Crippen LogP contribution in [0.3, 0.4) is 0 Å². The van der Waals surface area contributed by atoms with Crippen LogP contribution in [0.15, 0.2) is 29.2 Å². The molecule has 2 N–H and O–H groups in total. The highest BCUT2D eigenvalue weighted by Crippen LogP contribution is 2.56. The monoisotopic (exact) mass is 460 g/mol. The molecule has 10 heteroatoms. The van der Waals surface area contributed by atoms with Crippen LogP contribution in [0.25, 0.3) is 0 Å².